The van der Waals surface area contributed by atoms with Crippen LogP contribution in [0, 0.1) is 13.8 Å². The number of halogens is 1. The lowest BCUT2D eigenvalue weighted by molar-refractivity contribution is -0.140. The summed E-state index contributed by atoms with van der Waals surface area (Å²) in [6, 6.07) is 15.6. The summed E-state index contributed by atoms with van der Waals surface area (Å²) < 4.78 is 40.2. The van der Waals surface area contributed by atoms with Crippen LogP contribution in [0.25, 0.3) is 0 Å². The van der Waals surface area contributed by atoms with Crippen LogP contribution in [-0.4, -0.2) is 57.5 Å². The molecule has 9 nitrogen and oxygen atoms in total. The summed E-state index contributed by atoms with van der Waals surface area (Å²) in [5.41, 5.74) is 2.11. The fourth-order valence-corrected chi connectivity index (χ4v) is 6.24. The number of nitrogens with one attached hydrogen (secondary N) is 1. The Morgan fingerprint density at radius 1 is 0.930 bits per heavy atom. The quantitative estimate of drug-likeness (QED) is 0.300. The number of sulfonamides is 1. The van der Waals surface area contributed by atoms with Crippen LogP contribution >= 0.6 is 11.6 Å². The lowest BCUT2D eigenvalue weighted by Gasteiger charge is -2.33. The number of nitrogens with zero attached hydrogens (tertiary/aromatic N) is 2. The van der Waals surface area contributed by atoms with Gasteiger partial charge in [-0.2, -0.15) is 0 Å². The van der Waals surface area contributed by atoms with Crippen molar-refractivity contribution in [3.8, 4) is 11.5 Å². The van der Waals surface area contributed by atoms with Crippen LogP contribution in [-0.2, 0) is 26.2 Å². The van der Waals surface area contributed by atoms with Gasteiger partial charge in [-0.1, -0.05) is 29.8 Å². The number of benzene rings is 3. The Hall–Kier alpha value is -3.76. The highest BCUT2D eigenvalue weighted by Crippen LogP contribution is 2.33. The number of amides is 2. The highest BCUT2D eigenvalue weighted by Gasteiger charge is 2.34. The summed E-state index contributed by atoms with van der Waals surface area (Å²) >= 11 is 6.22. The van der Waals surface area contributed by atoms with Gasteiger partial charge in [0, 0.05) is 23.2 Å². The van der Waals surface area contributed by atoms with Crippen molar-refractivity contribution in [2.24, 2.45) is 0 Å². The van der Waals surface area contributed by atoms with E-state index in [-0.39, 0.29) is 23.1 Å². The fraction of sp³-hybridized carbons (Fsp3) is 0.375. The average molecular weight is 630 g/mol. The Balaban J connectivity index is 2.12. The van der Waals surface area contributed by atoms with Crippen molar-refractivity contribution in [3.05, 3.63) is 82.4 Å². The first-order valence-corrected chi connectivity index (χ1v) is 15.6. The Labute approximate surface area is 259 Å². The second-order valence-electron chi connectivity index (χ2n) is 11.4. The number of rotatable bonds is 11. The van der Waals surface area contributed by atoms with E-state index in [1.165, 1.54) is 37.3 Å². The maximum Gasteiger partial charge on any atom is 0.264 e. The van der Waals surface area contributed by atoms with E-state index in [1.807, 2.05) is 40.7 Å². The SMILES string of the molecule is COc1ccc(S(=O)(=O)N(CC(=O)N(Cc2cccc(Cl)c2)[C@H](C)C(=O)NC(C)(C)C)c2cc(C)cc(C)c2)cc1OC. The number of methoxy groups -OCH3 is 2. The molecule has 0 saturated carbocycles. The molecule has 232 valence electrons. The van der Waals surface area contributed by atoms with Gasteiger partial charge in [-0.05, 0) is 94.6 Å². The van der Waals surface area contributed by atoms with Crippen LogP contribution < -0.4 is 19.1 Å². The largest absolute Gasteiger partial charge is 0.493 e. The van der Waals surface area contributed by atoms with Crippen LogP contribution in [0.4, 0.5) is 5.69 Å². The average Bonchev–Trinajstić information content (AvgIpc) is 2.92. The molecule has 0 radical (unpaired) electrons. The number of ether oxygens (including phenoxy) is 2. The second kappa shape index (κ2) is 13.7. The maximum absolute atomic E-state index is 14.2. The summed E-state index contributed by atoms with van der Waals surface area (Å²) in [5.74, 6) is -0.351. The van der Waals surface area contributed by atoms with E-state index in [4.69, 9.17) is 21.1 Å². The van der Waals surface area contributed by atoms with Crippen LogP contribution in [0.5, 0.6) is 11.5 Å². The molecule has 0 heterocycles. The molecular formula is C32H40ClN3O6S. The molecule has 0 aliphatic heterocycles. The number of aryl methyl sites for hydroxylation is 2. The van der Waals surface area contributed by atoms with Gasteiger partial charge in [0.2, 0.25) is 11.8 Å². The van der Waals surface area contributed by atoms with Crippen molar-refractivity contribution in [1.29, 1.82) is 0 Å². The van der Waals surface area contributed by atoms with E-state index >= 15 is 0 Å². The third-order valence-electron chi connectivity index (χ3n) is 6.62. The molecule has 43 heavy (non-hydrogen) atoms. The molecule has 1 N–H and O–H groups in total. The molecule has 3 rings (SSSR count). The first-order chi connectivity index (χ1) is 20.0. The zero-order chi connectivity index (χ0) is 32.1. The Kier molecular flexibility index (Phi) is 10.7. The number of carbonyl (C=O) groups excluding carboxylic acids is 2. The van der Waals surface area contributed by atoms with E-state index < -0.39 is 34.1 Å². The number of carbonyl (C=O) groups is 2. The van der Waals surface area contributed by atoms with Crippen molar-refractivity contribution in [2.45, 2.75) is 64.6 Å². The van der Waals surface area contributed by atoms with Crippen LogP contribution in [0.1, 0.15) is 44.4 Å². The van der Waals surface area contributed by atoms with Gasteiger partial charge in [-0.15, -0.1) is 0 Å². The lowest BCUT2D eigenvalue weighted by atomic mass is 10.1. The standard InChI is InChI=1S/C32H40ClN3O6S/c1-21-14-22(2)16-26(15-21)36(43(39,40)27-12-13-28(41-7)29(18-27)42-8)20-30(37)35(19-24-10-9-11-25(33)17-24)23(3)31(38)34-32(4,5)6/h9-18,23H,19-20H2,1-8H3,(H,34,38)/t23-/m1/s1. The molecule has 0 aliphatic carbocycles. The van der Waals surface area contributed by atoms with E-state index in [1.54, 1.807) is 43.3 Å². The molecule has 0 unspecified atom stereocenters. The van der Waals surface area contributed by atoms with Gasteiger partial charge in [0.15, 0.2) is 11.5 Å². The summed E-state index contributed by atoms with van der Waals surface area (Å²) in [4.78, 5) is 28.7. The topological polar surface area (TPSA) is 105 Å². The van der Waals surface area contributed by atoms with Crippen molar-refractivity contribution >= 4 is 39.1 Å². The predicted octanol–water partition coefficient (Wildman–Crippen LogP) is 5.50. The van der Waals surface area contributed by atoms with E-state index in [0.717, 1.165) is 15.4 Å². The third kappa shape index (κ3) is 8.64. The highest BCUT2D eigenvalue weighted by atomic mass is 35.5. The van der Waals surface area contributed by atoms with Gasteiger partial charge >= 0.3 is 0 Å². The van der Waals surface area contributed by atoms with E-state index in [0.29, 0.717) is 22.0 Å². The molecule has 2 amide bonds. The molecule has 3 aromatic carbocycles. The summed E-state index contributed by atoms with van der Waals surface area (Å²) in [6.07, 6.45) is 0. The lowest BCUT2D eigenvalue weighted by Crippen LogP contribution is -2.54. The third-order valence-corrected chi connectivity index (χ3v) is 8.63. The van der Waals surface area contributed by atoms with Crippen LogP contribution in [0.2, 0.25) is 5.02 Å². The Morgan fingerprint density at radius 3 is 2.12 bits per heavy atom. The molecule has 0 aromatic heterocycles. The summed E-state index contributed by atoms with van der Waals surface area (Å²) in [5, 5.41) is 3.39. The van der Waals surface area contributed by atoms with Gasteiger partial charge in [-0.25, -0.2) is 8.42 Å². The molecule has 1 atom stereocenters. The molecule has 0 spiro atoms. The van der Waals surface area contributed by atoms with Gasteiger partial charge in [0.05, 0.1) is 24.8 Å². The van der Waals surface area contributed by atoms with Crippen molar-refractivity contribution in [3.63, 3.8) is 0 Å². The van der Waals surface area contributed by atoms with Crippen molar-refractivity contribution in [2.75, 3.05) is 25.1 Å². The van der Waals surface area contributed by atoms with Crippen molar-refractivity contribution in [1.82, 2.24) is 10.2 Å². The van der Waals surface area contributed by atoms with Crippen LogP contribution in [0.15, 0.2) is 65.6 Å². The van der Waals surface area contributed by atoms with Gasteiger partial charge in [0.25, 0.3) is 10.0 Å². The Bertz CT molecular complexity index is 1570. The fourth-order valence-electron chi connectivity index (χ4n) is 4.62. The zero-order valence-corrected chi connectivity index (χ0v) is 27.5. The van der Waals surface area contributed by atoms with Gasteiger partial charge in [-0.3, -0.25) is 13.9 Å². The minimum atomic E-state index is -4.30. The highest BCUT2D eigenvalue weighted by molar-refractivity contribution is 7.92. The summed E-state index contributed by atoms with van der Waals surface area (Å²) in [7, 11) is -1.43. The molecule has 0 saturated heterocycles. The molecule has 3 aromatic rings. The maximum atomic E-state index is 14.2. The Morgan fingerprint density at radius 2 is 1.56 bits per heavy atom. The minimum Gasteiger partial charge on any atom is -0.493 e. The first kappa shape index (κ1) is 33.7. The number of anilines is 1. The molecule has 0 fully saturated rings. The minimum absolute atomic E-state index is 0.0369. The van der Waals surface area contributed by atoms with Gasteiger partial charge < -0.3 is 19.7 Å². The zero-order valence-electron chi connectivity index (χ0n) is 25.9. The predicted molar refractivity (Wildman–Crippen MR) is 169 cm³/mol. The smallest absolute Gasteiger partial charge is 0.264 e. The number of hydrogen-bond donors (Lipinski definition) is 1. The normalized spacial score (nSPS) is 12.3. The second-order valence-corrected chi connectivity index (χ2v) is 13.7. The van der Waals surface area contributed by atoms with E-state index in [9.17, 15) is 18.0 Å². The van der Waals surface area contributed by atoms with Crippen molar-refractivity contribution < 1.29 is 27.5 Å². The monoisotopic (exact) mass is 629 g/mol. The molecule has 0 aliphatic rings. The number of hydrogen-bond acceptors (Lipinski definition) is 6. The van der Waals surface area contributed by atoms with Crippen LogP contribution in [0.3, 0.4) is 0 Å². The van der Waals surface area contributed by atoms with E-state index in [2.05, 4.69) is 5.32 Å². The molecule has 11 heteroatoms. The molecule has 0 bridgehead atoms. The first-order valence-electron chi connectivity index (χ1n) is 13.7. The molecular weight excluding hydrogens is 590 g/mol. The summed E-state index contributed by atoms with van der Waals surface area (Å²) in [6.45, 7) is 10.3. The van der Waals surface area contributed by atoms with Gasteiger partial charge in [0.1, 0.15) is 12.6 Å².